The van der Waals surface area contributed by atoms with Crippen molar-refractivity contribution in [1.29, 1.82) is 0 Å². The lowest BCUT2D eigenvalue weighted by Gasteiger charge is -2.01. The molecular formula is C5H13NO. The molecule has 0 unspecified atom stereocenters. The van der Waals surface area contributed by atoms with Gasteiger partial charge in [-0.15, -0.1) is 0 Å². The van der Waals surface area contributed by atoms with E-state index in [1.54, 1.807) is 0 Å². The summed E-state index contributed by atoms with van der Waals surface area (Å²) >= 11 is 0. The average Bonchev–Trinajstić information content (AvgIpc) is 2.14. The molecule has 2 N–H and O–H groups in total. The predicted octanol–water partition coefficient (Wildman–Crippen LogP) is -0.0233. The highest BCUT2D eigenvalue weighted by Gasteiger charge is 2.10. The zero-order chi connectivity index (χ0) is 5.11. The van der Waals surface area contributed by atoms with Gasteiger partial charge in [0.25, 0.3) is 0 Å². The molecule has 0 aromatic heterocycles. The summed E-state index contributed by atoms with van der Waals surface area (Å²) in [6.45, 7) is 1.39. The summed E-state index contributed by atoms with van der Waals surface area (Å²) in [5.74, 6) is 0. The Morgan fingerprint density at radius 3 is 3.00 bits per heavy atom. The van der Waals surface area contributed by atoms with E-state index in [0.717, 1.165) is 13.0 Å². The van der Waals surface area contributed by atoms with Crippen LogP contribution >= 0.6 is 0 Å². The average molecular weight is 103 g/mol. The summed E-state index contributed by atoms with van der Waals surface area (Å²) in [6, 6.07) is 0.403. The topological polar surface area (TPSA) is 32.3 Å². The van der Waals surface area contributed by atoms with Crippen LogP contribution < -0.4 is 5.32 Å². The van der Waals surface area contributed by atoms with E-state index in [9.17, 15) is 0 Å². The number of nitrogens with one attached hydrogen (secondary N) is 1. The Morgan fingerprint density at radius 1 is 1.86 bits per heavy atom. The molecule has 0 amide bonds. The van der Waals surface area contributed by atoms with Crippen LogP contribution in [0.1, 0.15) is 14.3 Å². The van der Waals surface area contributed by atoms with Crippen LogP contribution in [0.15, 0.2) is 0 Å². The second-order valence-electron chi connectivity index (χ2n) is 1.98. The molecular weight excluding hydrogens is 90.1 g/mol. The molecule has 1 aliphatic rings. The van der Waals surface area contributed by atoms with Gasteiger partial charge in [-0.2, -0.15) is 0 Å². The second-order valence-corrected chi connectivity index (χ2v) is 1.98. The molecule has 2 heteroatoms. The number of hydrogen-bond acceptors (Lipinski definition) is 2. The molecule has 1 saturated heterocycles. The highest BCUT2D eigenvalue weighted by molar-refractivity contribution is 4.71. The first-order valence-electron chi connectivity index (χ1n) is 2.77. The molecule has 0 bridgehead atoms. The van der Waals surface area contributed by atoms with Crippen molar-refractivity contribution in [2.75, 3.05) is 13.2 Å². The molecule has 0 spiro atoms. The first-order valence-corrected chi connectivity index (χ1v) is 2.77. The van der Waals surface area contributed by atoms with Gasteiger partial charge in [0.2, 0.25) is 0 Å². The Balaban J connectivity index is 0.000000490. The van der Waals surface area contributed by atoms with Crippen LogP contribution in [-0.2, 0) is 0 Å². The Hall–Kier alpha value is -0.0800. The van der Waals surface area contributed by atoms with Crippen LogP contribution in [0.3, 0.4) is 0 Å². The summed E-state index contributed by atoms with van der Waals surface area (Å²) in [7, 11) is 0. The minimum absolute atomic E-state index is 0. The normalized spacial score (nSPS) is 31.3. The maximum atomic E-state index is 8.50. The molecule has 0 radical (unpaired) electrons. The minimum Gasteiger partial charge on any atom is -0.395 e. The Bertz CT molecular complexity index is 54.4. The molecule has 0 aromatic carbocycles. The first kappa shape index (κ1) is 5.06. The molecule has 44 valence electrons. The summed E-state index contributed by atoms with van der Waals surface area (Å²) in [4.78, 5) is 0. The number of rotatable bonds is 1. The second kappa shape index (κ2) is 2.28. The van der Waals surface area contributed by atoms with Gasteiger partial charge in [-0.05, 0) is 19.4 Å². The summed E-state index contributed by atoms with van der Waals surface area (Å²) in [5.41, 5.74) is 0. The molecule has 0 aliphatic carbocycles. The van der Waals surface area contributed by atoms with E-state index in [1.807, 2.05) is 0 Å². The predicted molar refractivity (Wildman–Crippen MR) is 30.2 cm³/mol. The fourth-order valence-corrected chi connectivity index (χ4v) is 0.913. The number of hydrogen-bond donors (Lipinski definition) is 2. The van der Waals surface area contributed by atoms with Crippen molar-refractivity contribution < 1.29 is 6.53 Å². The highest BCUT2D eigenvalue weighted by atomic mass is 16.3. The fraction of sp³-hybridized carbons (Fsp3) is 1.00. The molecule has 1 atom stereocenters. The lowest BCUT2D eigenvalue weighted by Crippen LogP contribution is -2.24. The highest BCUT2D eigenvalue weighted by Crippen LogP contribution is 2.02. The third kappa shape index (κ3) is 1.14. The Kier molecular flexibility index (Phi) is 1.65. The van der Waals surface area contributed by atoms with Crippen LogP contribution in [0.2, 0.25) is 0 Å². The zero-order valence-corrected chi connectivity index (χ0v) is 4.35. The number of aliphatic hydroxyl groups is 1. The molecule has 1 rings (SSSR count). The molecule has 1 heterocycles. The van der Waals surface area contributed by atoms with Gasteiger partial charge in [0.05, 0.1) is 6.61 Å². The quantitative estimate of drug-likeness (QED) is 0.488. The van der Waals surface area contributed by atoms with Crippen LogP contribution in [0.4, 0.5) is 0 Å². The van der Waals surface area contributed by atoms with E-state index < -0.39 is 0 Å². The first-order chi connectivity index (χ1) is 3.43. The van der Waals surface area contributed by atoms with Gasteiger partial charge >= 0.3 is 0 Å². The van der Waals surface area contributed by atoms with Crippen LogP contribution in [-0.4, -0.2) is 24.3 Å². The monoisotopic (exact) mass is 103 g/mol. The third-order valence-electron chi connectivity index (χ3n) is 1.38. The van der Waals surface area contributed by atoms with Gasteiger partial charge in [-0.25, -0.2) is 0 Å². The Morgan fingerprint density at radius 2 is 2.71 bits per heavy atom. The molecule has 1 aliphatic heterocycles. The van der Waals surface area contributed by atoms with Crippen LogP contribution in [0.5, 0.6) is 0 Å². The van der Waals surface area contributed by atoms with Crippen molar-refractivity contribution in [2.45, 2.75) is 18.9 Å². The van der Waals surface area contributed by atoms with Crippen molar-refractivity contribution in [2.24, 2.45) is 0 Å². The molecule has 1 fully saturated rings. The lowest BCUT2D eigenvalue weighted by atomic mass is 10.2. The van der Waals surface area contributed by atoms with E-state index in [2.05, 4.69) is 5.32 Å². The maximum absolute atomic E-state index is 8.50. The van der Waals surface area contributed by atoms with Crippen molar-refractivity contribution in [3.8, 4) is 0 Å². The van der Waals surface area contributed by atoms with E-state index in [0.29, 0.717) is 12.6 Å². The molecule has 2 nitrogen and oxygen atoms in total. The summed E-state index contributed by atoms with van der Waals surface area (Å²) in [6.07, 6.45) is 2.38. The summed E-state index contributed by atoms with van der Waals surface area (Å²) in [5, 5.41) is 11.7. The Labute approximate surface area is 45.0 Å². The van der Waals surface area contributed by atoms with Gasteiger partial charge in [0, 0.05) is 7.47 Å². The van der Waals surface area contributed by atoms with Crippen molar-refractivity contribution in [3.05, 3.63) is 0 Å². The van der Waals surface area contributed by atoms with E-state index in [4.69, 9.17) is 5.11 Å². The van der Waals surface area contributed by atoms with E-state index in [-0.39, 0.29) is 1.43 Å². The SMILES string of the molecule is OC[C@@H]1CCCN1.[HH]. The van der Waals surface area contributed by atoms with Gasteiger partial charge in [-0.3, -0.25) is 0 Å². The third-order valence-corrected chi connectivity index (χ3v) is 1.38. The minimum atomic E-state index is 0. The van der Waals surface area contributed by atoms with E-state index in [1.165, 1.54) is 6.42 Å². The lowest BCUT2D eigenvalue weighted by molar-refractivity contribution is 0.255. The van der Waals surface area contributed by atoms with Gasteiger partial charge in [-0.1, -0.05) is 0 Å². The number of aliphatic hydroxyl groups excluding tert-OH is 1. The largest absolute Gasteiger partial charge is 0.395 e. The smallest absolute Gasteiger partial charge is 0.0584 e. The van der Waals surface area contributed by atoms with E-state index >= 15 is 0 Å². The molecule has 0 saturated carbocycles. The zero-order valence-electron chi connectivity index (χ0n) is 4.35. The van der Waals surface area contributed by atoms with Crippen LogP contribution in [0.25, 0.3) is 0 Å². The van der Waals surface area contributed by atoms with Crippen molar-refractivity contribution in [3.63, 3.8) is 0 Å². The van der Waals surface area contributed by atoms with Gasteiger partial charge in [0.15, 0.2) is 0 Å². The standard InChI is InChI=1S/C5H11NO.H2/c7-4-5-2-1-3-6-5;/h5-7H,1-4H2;1H/t5-;/m0./s1. The fourth-order valence-electron chi connectivity index (χ4n) is 0.913. The van der Waals surface area contributed by atoms with Gasteiger partial charge < -0.3 is 10.4 Å². The van der Waals surface area contributed by atoms with Gasteiger partial charge in [0.1, 0.15) is 0 Å². The van der Waals surface area contributed by atoms with Crippen molar-refractivity contribution >= 4 is 0 Å². The summed E-state index contributed by atoms with van der Waals surface area (Å²) < 4.78 is 0. The van der Waals surface area contributed by atoms with Crippen LogP contribution in [0, 0.1) is 0 Å². The van der Waals surface area contributed by atoms with Crippen molar-refractivity contribution in [1.82, 2.24) is 5.32 Å². The molecule has 0 aromatic rings. The molecule has 7 heavy (non-hydrogen) atoms. The maximum Gasteiger partial charge on any atom is 0.0584 e.